The van der Waals surface area contributed by atoms with E-state index in [4.69, 9.17) is 4.84 Å². The summed E-state index contributed by atoms with van der Waals surface area (Å²) in [6.45, 7) is 5.87. The first-order valence-electron chi connectivity index (χ1n) is 5.60. The number of rotatable bonds is 1. The highest BCUT2D eigenvalue weighted by atomic mass is 16.7. The van der Waals surface area contributed by atoms with Gasteiger partial charge in [0, 0.05) is 6.20 Å². The molecule has 0 aromatic carbocycles. The third-order valence-corrected chi connectivity index (χ3v) is 2.66. The Balaban J connectivity index is 2.24. The molecule has 0 atom stereocenters. The molecule has 1 aliphatic rings. The van der Waals surface area contributed by atoms with Gasteiger partial charge in [0.25, 0.3) is 5.56 Å². The monoisotopic (exact) mass is 236 g/mol. The van der Waals surface area contributed by atoms with Crippen LogP contribution >= 0.6 is 0 Å². The SMILES string of the molecule is CC(C)(C)C(=O)ON1CCc2cc[nH]c(=O)c21. The van der Waals surface area contributed by atoms with Crippen LogP contribution in [0, 0.1) is 5.41 Å². The second-order valence-corrected chi connectivity index (χ2v) is 5.16. The Hall–Kier alpha value is -1.78. The molecule has 0 saturated heterocycles. The summed E-state index contributed by atoms with van der Waals surface area (Å²) in [5.41, 5.74) is 0.562. The molecule has 0 bridgehead atoms. The molecule has 1 aromatic heterocycles. The maximum atomic E-state index is 11.8. The first-order chi connectivity index (χ1) is 7.89. The number of fused-ring (bicyclic) bond motifs is 1. The molecule has 2 rings (SSSR count). The van der Waals surface area contributed by atoms with Crippen LogP contribution in [0.4, 0.5) is 5.69 Å². The second kappa shape index (κ2) is 3.91. The highest BCUT2D eigenvalue weighted by Gasteiger charge is 2.30. The van der Waals surface area contributed by atoms with E-state index in [2.05, 4.69) is 4.98 Å². The molecule has 0 aliphatic carbocycles. The highest BCUT2D eigenvalue weighted by molar-refractivity contribution is 5.77. The Kier molecular flexibility index (Phi) is 2.69. The summed E-state index contributed by atoms with van der Waals surface area (Å²) in [5, 5.41) is 1.39. The van der Waals surface area contributed by atoms with Crippen LogP contribution in [0.5, 0.6) is 0 Å². The van der Waals surface area contributed by atoms with Gasteiger partial charge in [-0.25, -0.2) is 9.86 Å². The number of anilines is 1. The minimum Gasteiger partial charge on any atom is -0.340 e. The molecule has 17 heavy (non-hydrogen) atoms. The summed E-state index contributed by atoms with van der Waals surface area (Å²) in [4.78, 5) is 31.3. The van der Waals surface area contributed by atoms with Crippen molar-refractivity contribution in [2.75, 3.05) is 11.6 Å². The Bertz CT molecular complexity index is 499. The van der Waals surface area contributed by atoms with Crippen molar-refractivity contribution >= 4 is 11.7 Å². The van der Waals surface area contributed by atoms with Crippen LogP contribution in [0.15, 0.2) is 17.1 Å². The number of carbonyl (C=O) groups excluding carboxylic acids is 1. The number of hydrogen-bond donors (Lipinski definition) is 1. The maximum Gasteiger partial charge on any atom is 0.337 e. The maximum absolute atomic E-state index is 11.8. The summed E-state index contributed by atoms with van der Waals surface area (Å²) in [5.74, 6) is -0.339. The lowest BCUT2D eigenvalue weighted by atomic mass is 9.98. The van der Waals surface area contributed by atoms with Gasteiger partial charge in [0.15, 0.2) is 0 Å². The molecule has 0 fully saturated rings. The molecular formula is C12H16N2O3. The first-order valence-corrected chi connectivity index (χ1v) is 5.60. The molecule has 0 radical (unpaired) electrons. The Labute approximate surface area is 99.4 Å². The summed E-state index contributed by atoms with van der Waals surface area (Å²) in [7, 11) is 0. The third kappa shape index (κ3) is 2.18. The predicted octanol–water partition coefficient (Wildman–Crippen LogP) is 1.24. The second-order valence-electron chi connectivity index (χ2n) is 5.16. The standard InChI is InChI=1S/C12H16N2O3/c1-12(2,3)11(16)17-14-7-5-8-4-6-13-10(15)9(8)14/h4,6H,5,7H2,1-3H3,(H,13,15). The van der Waals surface area contributed by atoms with Crippen molar-refractivity contribution in [1.82, 2.24) is 4.98 Å². The quantitative estimate of drug-likeness (QED) is 0.797. The molecule has 1 aliphatic heterocycles. The summed E-state index contributed by atoms with van der Waals surface area (Å²) in [6.07, 6.45) is 2.33. The van der Waals surface area contributed by atoms with Crippen molar-refractivity contribution in [3.05, 3.63) is 28.2 Å². The Morgan fingerprint density at radius 3 is 2.82 bits per heavy atom. The molecule has 5 nitrogen and oxygen atoms in total. The lowest BCUT2D eigenvalue weighted by Gasteiger charge is -2.22. The van der Waals surface area contributed by atoms with E-state index >= 15 is 0 Å². The molecule has 1 N–H and O–H groups in total. The van der Waals surface area contributed by atoms with Crippen LogP contribution in [0.2, 0.25) is 0 Å². The van der Waals surface area contributed by atoms with Crippen molar-refractivity contribution in [2.24, 2.45) is 5.41 Å². The number of nitrogens with zero attached hydrogens (tertiary/aromatic N) is 1. The topological polar surface area (TPSA) is 62.4 Å². The van der Waals surface area contributed by atoms with E-state index in [9.17, 15) is 9.59 Å². The molecule has 92 valence electrons. The number of carbonyl (C=O) groups is 1. The first kappa shape index (κ1) is 11.7. The van der Waals surface area contributed by atoms with Gasteiger partial charge in [-0.3, -0.25) is 4.79 Å². The number of nitrogens with one attached hydrogen (secondary N) is 1. The van der Waals surface area contributed by atoms with Gasteiger partial charge < -0.3 is 9.82 Å². The average Bonchev–Trinajstić information content (AvgIpc) is 2.61. The number of pyridine rings is 1. The van der Waals surface area contributed by atoms with E-state index in [1.165, 1.54) is 5.06 Å². The third-order valence-electron chi connectivity index (χ3n) is 2.66. The van der Waals surface area contributed by atoms with Gasteiger partial charge in [0.05, 0.1) is 12.0 Å². The number of hydrogen-bond acceptors (Lipinski definition) is 4. The minimum atomic E-state index is -0.579. The molecule has 0 saturated carbocycles. The predicted molar refractivity (Wildman–Crippen MR) is 63.7 cm³/mol. The van der Waals surface area contributed by atoms with Gasteiger partial charge in [-0.05, 0) is 38.8 Å². The van der Waals surface area contributed by atoms with E-state index in [0.29, 0.717) is 12.2 Å². The average molecular weight is 236 g/mol. The zero-order valence-electron chi connectivity index (χ0n) is 10.2. The molecule has 0 unspecified atom stereocenters. The summed E-state index contributed by atoms with van der Waals surface area (Å²) >= 11 is 0. The molecule has 0 spiro atoms. The van der Waals surface area contributed by atoms with Crippen LogP contribution in [-0.4, -0.2) is 17.5 Å². The summed E-state index contributed by atoms with van der Waals surface area (Å²) < 4.78 is 0. The van der Waals surface area contributed by atoms with Crippen molar-refractivity contribution in [2.45, 2.75) is 27.2 Å². The van der Waals surface area contributed by atoms with Crippen LogP contribution in [0.1, 0.15) is 26.3 Å². The fraction of sp³-hybridized carbons (Fsp3) is 0.500. The van der Waals surface area contributed by atoms with E-state index in [1.54, 1.807) is 27.0 Å². The van der Waals surface area contributed by atoms with Crippen LogP contribution < -0.4 is 10.6 Å². The number of aromatic nitrogens is 1. The normalized spacial score (nSPS) is 14.6. The van der Waals surface area contributed by atoms with E-state index < -0.39 is 5.41 Å². The number of aromatic amines is 1. The Morgan fingerprint density at radius 2 is 2.18 bits per heavy atom. The van der Waals surface area contributed by atoms with Gasteiger partial charge >= 0.3 is 5.97 Å². The highest BCUT2D eigenvalue weighted by Crippen LogP contribution is 2.25. The van der Waals surface area contributed by atoms with Gasteiger partial charge in [-0.2, -0.15) is 0 Å². The van der Waals surface area contributed by atoms with Crippen molar-refractivity contribution in [3.63, 3.8) is 0 Å². The van der Waals surface area contributed by atoms with Gasteiger partial charge in [-0.15, -0.1) is 0 Å². The Morgan fingerprint density at radius 1 is 1.47 bits per heavy atom. The number of H-pyrrole nitrogens is 1. The minimum absolute atomic E-state index is 0.221. The van der Waals surface area contributed by atoms with Crippen molar-refractivity contribution in [3.8, 4) is 0 Å². The fourth-order valence-electron chi connectivity index (χ4n) is 1.65. The van der Waals surface area contributed by atoms with E-state index in [-0.39, 0.29) is 11.5 Å². The number of hydroxylamine groups is 1. The lowest BCUT2D eigenvalue weighted by Crippen LogP contribution is -2.34. The molecule has 1 aromatic rings. The zero-order valence-corrected chi connectivity index (χ0v) is 10.2. The zero-order chi connectivity index (χ0) is 12.6. The van der Waals surface area contributed by atoms with Crippen molar-refractivity contribution in [1.29, 1.82) is 0 Å². The molecular weight excluding hydrogens is 220 g/mol. The van der Waals surface area contributed by atoms with Gasteiger partial charge in [-0.1, -0.05) is 0 Å². The van der Waals surface area contributed by atoms with Crippen LogP contribution in [-0.2, 0) is 16.1 Å². The van der Waals surface area contributed by atoms with Gasteiger partial charge in [0.1, 0.15) is 5.69 Å². The summed E-state index contributed by atoms with van der Waals surface area (Å²) in [6, 6.07) is 1.83. The van der Waals surface area contributed by atoms with Crippen LogP contribution in [0.25, 0.3) is 0 Å². The largest absolute Gasteiger partial charge is 0.340 e. The molecule has 0 amide bonds. The van der Waals surface area contributed by atoms with Crippen molar-refractivity contribution < 1.29 is 9.63 Å². The smallest absolute Gasteiger partial charge is 0.337 e. The van der Waals surface area contributed by atoms with E-state index in [0.717, 1.165) is 12.0 Å². The fourth-order valence-corrected chi connectivity index (χ4v) is 1.65. The van der Waals surface area contributed by atoms with Crippen LogP contribution in [0.3, 0.4) is 0 Å². The van der Waals surface area contributed by atoms with E-state index in [1.807, 2.05) is 6.07 Å². The molecule has 2 heterocycles. The molecule has 5 heteroatoms. The van der Waals surface area contributed by atoms with Gasteiger partial charge in [0.2, 0.25) is 0 Å². The lowest BCUT2D eigenvalue weighted by molar-refractivity contribution is -0.154.